The number of hydrogen-bond acceptors (Lipinski definition) is 2. The molecule has 20 heavy (non-hydrogen) atoms. The van der Waals surface area contributed by atoms with Crippen LogP contribution in [0, 0.1) is 0 Å². The van der Waals surface area contributed by atoms with E-state index in [-0.39, 0.29) is 6.04 Å². The van der Waals surface area contributed by atoms with Crippen LogP contribution in [0.25, 0.3) is 10.8 Å². The third kappa shape index (κ3) is 2.48. The van der Waals surface area contributed by atoms with Crippen LogP contribution in [-0.2, 0) is 0 Å². The zero-order valence-electron chi connectivity index (χ0n) is 10.9. The second kappa shape index (κ2) is 5.75. The normalized spacial score (nSPS) is 12.5. The molecule has 3 N–H and O–H groups in total. The molecule has 100 valence electrons. The monoisotopic (exact) mass is 326 g/mol. The Hall–Kier alpha value is -1.68. The van der Waals surface area contributed by atoms with Gasteiger partial charge >= 0.3 is 0 Å². The molecule has 0 aliphatic rings. The lowest BCUT2D eigenvalue weighted by Crippen LogP contribution is -2.29. The standard InChI is InChI=1S/C17H15BrN2/c18-14-8-3-7-13(11-14)17(20-19)16-10-4-6-12-5-1-2-9-15(12)16/h1-11,17,20H,19H2. The molecule has 0 bridgehead atoms. The van der Waals surface area contributed by atoms with Gasteiger partial charge in [0.25, 0.3) is 0 Å². The highest BCUT2D eigenvalue weighted by Crippen LogP contribution is 2.29. The smallest absolute Gasteiger partial charge is 0.0716 e. The number of hydrogen-bond donors (Lipinski definition) is 2. The molecule has 3 aromatic carbocycles. The predicted molar refractivity (Wildman–Crippen MR) is 87.3 cm³/mol. The Bertz CT molecular complexity index is 734. The van der Waals surface area contributed by atoms with Crippen molar-refractivity contribution in [3.63, 3.8) is 0 Å². The first-order valence-electron chi connectivity index (χ1n) is 6.49. The Kier molecular flexibility index (Phi) is 3.83. The van der Waals surface area contributed by atoms with Crippen molar-refractivity contribution in [2.24, 2.45) is 5.84 Å². The summed E-state index contributed by atoms with van der Waals surface area (Å²) < 4.78 is 1.05. The van der Waals surface area contributed by atoms with Gasteiger partial charge in [-0.1, -0.05) is 70.5 Å². The molecular weight excluding hydrogens is 312 g/mol. The minimum Gasteiger partial charge on any atom is -0.271 e. The fourth-order valence-corrected chi connectivity index (χ4v) is 2.97. The van der Waals surface area contributed by atoms with Crippen LogP contribution >= 0.6 is 15.9 Å². The highest BCUT2D eigenvalue weighted by molar-refractivity contribution is 9.10. The Balaban J connectivity index is 2.17. The van der Waals surface area contributed by atoms with Gasteiger partial charge in [-0.3, -0.25) is 5.84 Å². The largest absolute Gasteiger partial charge is 0.271 e. The third-order valence-electron chi connectivity index (χ3n) is 3.48. The van der Waals surface area contributed by atoms with Gasteiger partial charge in [-0.2, -0.15) is 0 Å². The van der Waals surface area contributed by atoms with Crippen molar-refractivity contribution in [1.29, 1.82) is 0 Å². The quantitative estimate of drug-likeness (QED) is 0.560. The van der Waals surface area contributed by atoms with Gasteiger partial charge in [0.15, 0.2) is 0 Å². The molecule has 1 unspecified atom stereocenters. The first-order chi connectivity index (χ1) is 9.79. The molecule has 0 heterocycles. The van der Waals surface area contributed by atoms with Crippen LogP contribution in [0.1, 0.15) is 17.2 Å². The summed E-state index contributed by atoms with van der Waals surface area (Å²) in [5, 5.41) is 2.44. The molecule has 3 heteroatoms. The van der Waals surface area contributed by atoms with E-state index >= 15 is 0 Å². The minimum atomic E-state index is -0.0291. The number of fused-ring (bicyclic) bond motifs is 1. The van der Waals surface area contributed by atoms with E-state index in [4.69, 9.17) is 5.84 Å². The van der Waals surface area contributed by atoms with Crippen LogP contribution in [0.5, 0.6) is 0 Å². The number of rotatable bonds is 3. The minimum absolute atomic E-state index is 0.0291. The van der Waals surface area contributed by atoms with Gasteiger partial charge in [-0.25, -0.2) is 5.43 Å². The Morgan fingerprint density at radius 2 is 1.65 bits per heavy atom. The van der Waals surface area contributed by atoms with E-state index in [0.29, 0.717) is 0 Å². The molecule has 0 saturated heterocycles. The van der Waals surface area contributed by atoms with Gasteiger partial charge < -0.3 is 0 Å². The summed E-state index contributed by atoms with van der Waals surface area (Å²) in [6, 6.07) is 22.8. The molecule has 2 nitrogen and oxygen atoms in total. The molecule has 0 saturated carbocycles. The zero-order chi connectivity index (χ0) is 13.9. The van der Waals surface area contributed by atoms with Crippen LogP contribution in [0.3, 0.4) is 0 Å². The summed E-state index contributed by atoms with van der Waals surface area (Å²) in [4.78, 5) is 0. The summed E-state index contributed by atoms with van der Waals surface area (Å²) in [6.07, 6.45) is 0. The molecule has 0 aliphatic heterocycles. The number of nitrogens with one attached hydrogen (secondary N) is 1. The van der Waals surface area contributed by atoms with Crippen molar-refractivity contribution in [2.45, 2.75) is 6.04 Å². The van der Waals surface area contributed by atoms with E-state index in [1.54, 1.807) is 0 Å². The van der Waals surface area contributed by atoms with E-state index in [1.807, 2.05) is 12.1 Å². The van der Waals surface area contributed by atoms with Gasteiger partial charge in [0, 0.05) is 4.47 Å². The molecule has 0 radical (unpaired) electrons. The van der Waals surface area contributed by atoms with Crippen molar-refractivity contribution >= 4 is 26.7 Å². The Labute approximate surface area is 126 Å². The van der Waals surface area contributed by atoms with E-state index in [0.717, 1.165) is 10.0 Å². The summed E-state index contributed by atoms with van der Waals surface area (Å²) in [5.74, 6) is 5.81. The summed E-state index contributed by atoms with van der Waals surface area (Å²) >= 11 is 3.51. The molecular formula is C17H15BrN2. The highest BCUT2D eigenvalue weighted by atomic mass is 79.9. The number of benzene rings is 3. The topological polar surface area (TPSA) is 38.0 Å². The van der Waals surface area contributed by atoms with Crippen LogP contribution < -0.4 is 11.3 Å². The van der Waals surface area contributed by atoms with Crippen molar-refractivity contribution in [3.8, 4) is 0 Å². The zero-order valence-corrected chi connectivity index (χ0v) is 12.5. The van der Waals surface area contributed by atoms with Crippen LogP contribution in [0.2, 0.25) is 0 Å². The number of halogens is 1. The summed E-state index contributed by atoms with van der Waals surface area (Å²) in [5.41, 5.74) is 5.25. The van der Waals surface area contributed by atoms with E-state index in [2.05, 4.69) is 76.0 Å². The lowest BCUT2D eigenvalue weighted by atomic mass is 9.94. The lowest BCUT2D eigenvalue weighted by Gasteiger charge is -2.19. The molecule has 0 spiro atoms. The van der Waals surface area contributed by atoms with Crippen molar-refractivity contribution in [1.82, 2.24) is 5.43 Å². The maximum atomic E-state index is 5.81. The van der Waals surface area contributed by atoms with Crippen molar-refractivity contribution in [2.75, 3.05) is 0 Å². The third-order valence-corrected chi connectivity index (χ3v) is 3.98. The number of hydrazine groups is 1. The molecule has 0 fully saturated rings. The van der Waals surface area contributed by atoms with E-state index < -0.39 is 0 Å². The van der Waals surface area contributed by atoms with Gasteiger partial charge in [-0.05, 0) is 34.0 Å². The van der Waals surface area contributed by atoms with Gasteiger partial charge in [-0.15, -0.1) is 0 Å². The molecule has 1 atom stereocenters. The molecule has 3 rings (SSSR count). The van der Waals surface area contributed by atoms with Crippen LogP contribution in [0.4, 0.5) is 0 Å². The molecule has 3 aromatic rings. The second-order valence-electron chi connectivity index (χ2n) is 4.72. The average Bonchev–Trinajstić information content (AvgIpc) is 2.48. The fourth-order valence-electron chi connectivity index (χ4n) is 2.55. The van der Waals surface area contributed by atoms with Gasteiger partial charge in [0.1, 0.15) is 0 Å². The fraction of sp³-hybridized carbons (Fsp3) is 0.0588. The molecule has 0 aromatic heterocycles. The first kappa shape index (κ1) is 13.3. The Morgan fingerprint density at radius 1 is 0.900 bits per heavy atom. The Morgan fingerprint density at radius 3 is 2.45 bits per heavy atom. The molecule has 0 aliphatic carbocycles. The predicted octanol–water partition coefficient (Wildman–Crippen LogP) is 4.16. The summed E-state index contributed by atoms with van der Waals surface area (Å²) in [6.45, 7) is 0. The van der Waals surface area contributed by atoms with Crippen LogP contribution in [-0.4, -0.2) is 0 Å². The van der Waals surface area contributed by atoms with E-state index in [1.165, 1.54) is 16.3 Å². The molecule has 0 amide bonds. The highest BCUT2D eigenvalue weighted by Gasteiger charge is 2.15. The van der Waals surface area contributed by atoms with E-state index in [9.17, 15) is 0 Å². The second-order valence-corrected chi connectivity index (χ2v) is 5.64. The SMILES string of the molecule is NNC(c1cccc(Br)c1)c1cccc2ccccc12. The van der Waals surface area contributed by atoms with Gasteiger partial charge in [0.05, 0.1) is 6.04 Å². The van der Waals surface area contributed by atoms with Crippen molar-refractivity contribution in [3.05, 3.63) is 82.3 Å². The van der Waals surface area contributed by atoms with Crippen molar-refractivity contribution < 1.29 is 0 Å². The van der Waals surface area contributed by atoms with Gasteiger partial charge in [0.2, 0.25) is 0 Å². The first-order valence-corrected chi connectivity index (χ1v) is 7.28. The summed E-state index contributed by atoms with van der Waals surface area (Å²) in [7, 11) is 0. The number of nitrogens with two attached hydrogens (primary N) is 1. The lowest BCUT2D eigenvalue weighted by molar-refractivity contribution is 0.640. The van der Waals surface area contributed by atoms with Crippen LogP contribution in [0.15, 0.2) is 71.2 Å². The average molecular weight is 327 g/mol. The maximum absolute atomic E-state index is 5.81. The maximum Gasteiger partial charge on any atom is 0.0716 e.